The Balaban J connectivity index is 2.03. The smallest absolute Gasteiger partial charge is 0.303 e. The third kappa shape index (κ3) is 5.72. The van der Waals surface area contributed by atoms with Crippen LogP contribution in [0.15, 0.2) is 23.8 Å². The maximum absolute atomic E-state index is 11.0. The molecule has 0 aromatic carbocycles. The van der Waals surface area contributed by atoms with Crippen LogP contribution in [0.5, 0.6) is 0 Å². The van der Waals surface area contributed by atoms with E-state index < -0.39 is 30.9 Å². The van der Waals surface area contributed by atoms with Crippen molar-refractivity contribution in [3.63, 3.8) is 0 Å². The van der Waals surface area contributed by atoms with Crippen molar-refractivity contribution in [2.24, 2.45) is 23.7 Å². The Morgan fingerprint density at radius 2 is 2.23 bits per heavy atom. The van der Waals surface area contributed by atoms with E-state index in [-0.39, 0.29) is 30.1 Å². The predicted molar refractivity (Wildman–Crippen MR) is 102 cm³/mol. The summed E-state index contributed by atoms with van der Waals surface area (Å²) in [5.74, 6) is 4.30. The second-order valence-corrected chi connectivity index (χ2v) is 7.37. The van der Waals surface area contributed by atoms with Gasteiger partial charge in [-0.15, -0.1) is 11.8 Å². The Bertz CT molecular complexity index is 750. The molecule has 0 aromatic rings. The van der Waals surface area contributed by atoms with Gasteiger partial charge in [0.05, 0.1) is 12.2 Å². The van der Waals surface area contributed by atoms with Crippen LogP contribution in [0.4, 0.5) is 0 Å². The van der Waals surface area contributed by atoms with Gasteiger partial charge in [0, 0.05) is 24.2 Å². The molecule has 4 heteroatoms. The maximum atomic E-state index is 11.0. The molecule has 2 rings (SSSR count). The van der Waals surface area contributed by atoms with E-state index in [0.717, 1.165) is 5.57 Å². The van der Waals surface area contributed by atoms with Gasteiger partial charge < -0.3 is 15.3 Å². The number of carboxylic acid groups (broad SMARTS) is 1. The number of carbonyl (C=O) groups is 1. The molecule has 2 fully saturated rings. The second kappa shape index (κ2) is 9.94. The van der Waals surface area contributed by atoms with Crippen LogP contribution in [0.25, 0.3) is 0 Å². The molecule has 0 bridgehead atoms. The van der Waals surface area contributed by atoms with E-state index in [0.29, 0.717) is 25.7 Å². The van der Waals surface area contributed by atoms with Gasteiger partial charge in [0.25, 0.3) is 0 Å². The number of aliphatic hydroxyl groups is 2. The predicted octanol–water partition coefficient (Wildman–Crippen LogP) is 3.54. The number of carboxylic acids is 1. The zero-order valence-electron chi connectivity index (χ0n) is 19.5. The number of rotatable bonds is 8. The largest absolute Gasteiger partial charge is 0.481 e. The van der Waals surface area contributed by atoms with Crippen LogP contribution in [0.3, 0.4) is 0 Å². The molecule has 144 valence electrons. The number of hydrogen-bond donors (Lipinski definition) is 3. The van der Waals surface area contributed by atoms with E-state index >= 15 is 0 Å². The first-order valence-electron chi connectivity index (χ1n) is 11.3. The highest BCUT2D eigenvalue weighted by molar-refractivity contribution is 5.66. The fourth-order valence-electron chi connectivity index (χ4n) is 4.08. The van der Waals surface area contributed by atoms with Gasteiger partial charge in [0.15, 0.2) is 0 Å². The van der Waals surface area contributed by atoms with Crippen LogP contribution < -0.4 is 0 Å². The highest BCUT2D eigenvalue weighted by Gasteiger charge is 2.44. The first kappa shape index (κ1) is 15.5. The lowest BCUT2D eigenvalue weighted by Gasteiger charge is -2.19. The molecule has 2 aliphatic rings. The number of aliphatic carboxylic acids is 1. The molecular formula is C22H32O4. The minimum absolute atomic E-state index is 0.00597. The molecule has 26 heavy (non-hydrogen) atoms. The van der Waals surface area contributed by atoms with Crippen LogP contribution in [-0.2, 0) is 4.79 Å². The molecule has 2 aliphatic carbocycles. The summed E-state index contributed by atoms with van der Waals surface area (Å²) < 4.78 is 30.7. The molecule has 0 radical (unpaired) electrons. The molecule has 0 heterocycles. The van der Waals surface area contributed by atoms with Crippen molar-refractivity contribution in [3.05, 3.63) is 23.8 Å². The highest BCUT2D eigenvalue weighted by atomic mass is 16.4. The summed E-state index contributed by atoms with van der Waals surface area (Å²) in [6.07, 6.45) is 0.944. The quantitative estimate of drug-likeness (QED) is 0.455. The van der Waals surface area contributed by atoms with Crippen LogP contribution >= 0.6 is 0 Å². The molecule has 0 amide bonds. The first-order valence-corrected chi connectivity index (χ1v) is 9.26. The van der Waals surface area contributed by atoms with Crippen molar-refractivity contribution in [1.29, 1.82) is 0 Å². The van der Waals surface area contributed by atoms with E-state index in [2.05, 4.69) is 11.8 Å². The lowest BCUT2D eigenvalue weighted by Crippen LogP contribution is -2.19. The third-order valence-electron chi connectivity index (χ3n) is 5.51. The minimum Gasteiger partial charge on any atom is -0.481 e. The molecule has 0 aromatic heterocycles. The van der Waals surface area contributed by atoms with Crippen molar-refractivity contribution in [2.45, 2.75) is 70.9 Å². The Kier molecular flexibility index (Phi) is 5.92. The SMILES string of the molecule is [2H]C([2H])(C/C=C1/C[C@H]2C[C@@H](O)[C@H](/C=C/[C@@H](O)C(C)CC#CC)[C@H]2C1)C([2H])([2H])C(=O)O. The summed E-state index contributed by atoms with van der Waals surface area (Å²) in [6.45, 7) is 3.68. The van der Waals surface area contributed by atoms with Crippen molar-refractivity contribution in [1.82, 2.24) is 0 Å². The Morgan fingerprint density at radius 1 is 1.46 bits per heavy atom. The highest BCUT2D eigenvalue weighted by Crippen LogP contribution is 2.50. The van der Waals surface area contributed by atoms with Crippen LogP contribution in [0, 0.1) is 35.5 Å². The normalized spacial score (nSPS) is 35.0. The lowest BCUT2D eigenvalue weighted by atomic mass is 9.89. The molecular weight excluding hydrogens is 328 g/mol. The van der Waals surface area contributed by atoms with Gasteiger partial charge in [-0.2, -0.15) is 0 Å². The summed E-state index contributed by atoms with van der Waals surface area (Å²) >= 11 is 0. The molecule has 0 aliphatic heterocycles. The fourth-order valence-corrected chi connectivity index (χ4v) is 4.08. The molecule has 2 saturated carbocycles. The van der Waals surface area contributed by atoms with E-state index in [1.165, 1.54) is 0 Å². The van der Waals surface area contributed by atoms with Crippen LogP contribution in [0.2, 0.25) is 0 Å². The first-order chi connectivity index (χ1) is 13.9. The summed E-state index contributed by atoms with van der Waals surface area (Å²) in [5, 5.41) is 29.7. The van der Waals surface area contributed by atoms with Gasteiger partial charge in [0.2, 0.25) is 0 Å². The topological polar surface area (TPSA) is 77.8 Å². The fraction of sp³-hybridized carbons (Fsp3) is 0.682. The summed E-state index contributed by atoms with van der Waals surface area (Å²) in [4.78, 5) is 11.0. The lowest BCUT2D eigenvalue weighted by molar-refractivity contribution is -0.137. The maximum Gasteiger partial charge on any atom is 0.303 e. The zero-order valence-corrected chi connectivity index (χ0v) is 15.5. The minimum atomic E-state index is -2.96. The molecule has 1 unspecified atom stereocenters. The Labute approximate surface area is 162 Å². The van der Waals surface area contributed by atoms with Gasteiger partial charge >= 0.3 is 5.97 Å². The van der Waals surface area contributed by atoms with Crippen molar-refractivity contribution >= 4 is 5.97 Å². The van der Waals surface area contributed by atoms with E-state index in [4.69, 9.17) is 10.6 Å². The zero-order chi connectivity index (χ0) is 22.7. The van der Waals surface area contributed by atoms with Crippen molar-refractivity contribution in [2.75, 3.05) is 0 Å². The molecule has 6 atom stereocenters. The van der Waals surface area contributed by atoms with E-state index in [1.807, 2.05) is 13.0 Å². The van der Waals surface area contributed by atoms with E-state index in [1.54, 1.807) is 19.1 Å². The average molecular weight is 365 g/mol. The van der Waals surface area contributed by atoms with Crippen molar-refractivity contribution < 1.29 is 25.6 Å². The summed E-state index contributed by atoms with van der Waals surface area (Å²) in [5.41, 5.74) is 0.979. The molecule has 0 spiro atoms. The third-order valence-corrected chi connectivity index (χ3v) is 5.51. The van der Waals surface area contributed by atoms with Gasteiger partial charge in [-0.05, 0) is 56.7 Å². The summed E-state index contributed by atoms with van der Waals surface area (Å²) in [6, 6.07) is 0. The Hall–Kier alpha value is -1.57. The number of allylic oxidation sites excluding steroid dienone is 2. The second-order valence-electron chi connectivity index (χ2n) is 7.37. The Morgan fingerprint density at radius 3 is 2.92 bits per heavy atom. The summed E-state index contributed by atoms with van der Waals surface area (Å²) in [7, 11) is 0. The molecule has 3 N–H and O–H groups in total. The number of fused-ring (bicyclic) bond motifs is 1. The molecule has 4 nitrogen and oxygen atoms in total. The number of aliphatic hydroxyl groups excluding tert-OH is 2. The monoisotopic (exact) mass is 364 g/mol. The van der Waals surface area contributed by atoms with Crippen LogP contribution in [-0.4, -0.2) is 33.5 Å². The van der Waals surface area contributed by atoms with Gasteiger partial charge in [-0.1, -0.05) is 30.7 Å². The average Bonchev–Trinajstić information content (AvgIpc) is 3.18. The number of hydrogen-bond acceptors (Lipinski definition) is 3. The van der Waals surface area contributed by atoms with Gasteiger partial charge in [0.1, 0.15) is 0 Å². The van der Waals surface area contributed by atoms with E-state index in [9.17, 15) is 15.0 Å². The standard InChI is InChI=1S/C22H32O4/c1-3-4-7-15(2)20(23)11-10-18-19-13-16(8-5-6-9-22(25)26)12-17(19)14-21(18)24/h8,10-11,15,17-21,23-24H,5-7,9,12-14H2,1-2H3,(H,25,26)/b11-10+,16-8-/t15?,17-,18+,19-,20+,21+/m0/s1/i6D2,9D2. The van der Waals surface area contributed by atoms with Crippen LogP contribution in [0.1, 0.15) is 64.2 Å². The van der Waals surface area contributed by atoms with Gasteiger partial charge in [-0.25, -0.2) is 0 Å². The van der Waals surface area contributed by atoms with Gasteiger partial charge in [-0.3, -0.25) is 4.79 Å². The van der Waals surface area contributed by atoms with Crippen molar-refractivity contribution in [3.8, 4) is 11.8 Å². The molecule has 0 saturated heterocycles.